The first-order valence-corrected chi connectivity index (χ1v) is 7.44. The average Bonchev–Trinajstić information content (AvgIpc) is 3.22. The molecule has 4 aromatic rings. The van der Waals surface area contributed by atoms with Gasteiger partial charge in [0.2, 0.25) is 5.82 Å². The zero-order valence-corrected chi connectivity index (χ0v) is 13.5. The first-order valence-electron chi connectivity index (χ1n) is 7.44. The molecule has 2 aromatic carbocycles. The molecule has 0 saturated carbocycles. The number of aromatic nitrogens is 5. The normalized spacial score (nSPS) is 11.1. The predicted octanol–water partition coefficient (Wildman–Crippen LogP) is 3.00. The number of hydrogen-bond donors (Lipinski definition) is 0. The van der Waals surface area contributed by atoms with E-state index in [9.17, 15) is 0 Å². The Kier molecular flexibility index (Phi) is 3.26. The minimum atomic E-state index is 0.480. The van der Waals surface area contributed by atoms with E-state index in [1.165, 1.54) is 0 Å². The predicted molar refractivity (Wildman–Crippen MR) is 88.5 cm³/mol. The summed E-state index contributed by atoms with van der Waals surface area (Å²) in [5.41, 5.74) is 4.50. The fourth-order valence-corrected chi connectivity index (χ4v) is 2.62. The standard InChI is InChI=1S/C17H15N5O2/c1-10-8-12(23-3)5-6-13(10)17-18-16(20-24-17)11-4-7-14-15(9-11)22(2)21-19-14/h4-9H,1-3H3. The van der Waals surface area contributed by atoms with E-state index < -0.39 is 0 Å². The molecule has 0 atom stereocenters. The molecular weight excluding hydrogens is 306 g/mol. The highest BCUT2D eigenvalue weighted by Crippen LogP contribution is 2.28. The van der Waals surface area contributed by atoms with Crippen LogP contribution in [0, 0.1) is 6.92 Å². The summed E-state index contributed by atoms with van der Waals surface area (Å²) >= 11 is 0. The summed E-state index contributed by atoms with van der Waals surface area (Å²) in [5, 5.41) is 12.2. The van der Waals surface area contributed by atoms with Gasteiger partial charge < -0.3 is 9.26 Å². The van der Waals surface area contributed by atoms with E-state index in [0.29, 0.717) is 11.7 Å². The number of methoxy groups -OCH3 is 1. The van der Waals surface area contributed by atoms with Gasteiger partial charge in [0.15, 0.2) is 0 Å². The Labute approximate surface area is 137 Å². The van der Waals surface area contributed by atoms with E-state index in [1.54, 1.807) is 11.8 Å². The number of hydrogen-bond acceptors (Lipinski definition) is 6. The molecule has 2 heterocycles. The van der Waals surface area contributed by atoms with Gasteiger partial charge in [0, 0.05) is 18.2 Å². The summed E-state index contributed by atoms with van der Waals surface area (Å²) in [5.74, 6) is 1.81. The SMILES string of the molecule is COc1ccc(-c2nc(-c3ccc4nnn(C)c4c3)no2)c(C)c1. The van der Waals surface area contributed by atoms with Crippen molar-refractivity contribution in [2.75, 3.05) is 7.11 Å². The monoisotopic (exact) mass is 321 g/mol. The molecule has 0 aliphatic heterocycles. The Balaban J connectivity index is 1.74. The summed E-state index contributed by atoms with van der Waals surface area (Å²) in [6.45, 7) is 1.98. The molecule has 2 aromatic heterocycles. The number of fused-ring (bicyclic) bond motifs is 1. The molecule has 0 radical (unpaired) electrons. The highest BCUT2D eigenvalue weighted by molar-refractivity contribution is 5.80. The maximum absolute atomic E-state index is 5.44. The number of nitrogens with zero attached hydrogens (tertiary/aromatic N) is 5. The van der Waals surface area contributed by atoms with Crippen LogP contribution in [0.15, 0.2) is 40.9 Å². The molecule has 7 nitrogen and oxygen atoms in total. The quantitative estimate of drug-likeness (QED) is 0.577. The van der Waals surface area contributed by atoms with Gasteiger partial charge in [-0.2, -0.15) is 4.98 Å². The van der Waals surface area contributed by atoms with Crippen molar-refractivity contribution >= 4 is 11.0 Å². The van der Waals surface area contributed by atoms with Gasteiger partial charge in [0.25, 0.3) is 5.89 Å². The summed E-state index contributed by atoms with van der Waals surface area (Å²) in [6.07, 6.45) is 0. The van der Waals surface area contributed by atoms with Gasteiger partial charge >= 0.3 is 0 Å². The summed E-state index contributed by atoms with van der Waals surface area (Å²) < 4.78 is 12.4. The lowest BCUT2D eigenvalue weighted by Crippen LogP contribution is -1.90. The third-order valence-corrected chi connectivity index (χ3v) is 3.96. The molecule has 0 aliphatic carbocycles. The Morgan fingerprint density at radius 1 is 1.12 bits per heavy atom. The van der Waals surface area contributed by atoms with Crippen LogP contribution in [0.3, 0.4) is 0 Å². The van der Waals surface area contributed by atoms with Crippen LogP contribution in [-0.4, -0.2) is 32.2 Å². The van der Waals surface area contributed by atoms with Gasteiger partial charge in [-0.25, -0.2) is 4.68 Å². The molecule has 0 fully saturated rings. The van der Waals surface area contributed by atoms with E-state index >= 15 is 0 Å². The molecule has 0 amide bonds. The lowest BCUT2D eigenvalue weighted by Gasteiger charge is -2.03. The summed E-state index contributed by atoms with van der Waals surface area (Å²) in [7, 11) is 3.49. The zero-order valence-electron chi connectivity index (χ0n) is 13.5. The molecule has 0 bridgehead atoms. The van der Waals surface area contributed by atoms with Crippen molar-refractivity contribution < 1.29 is 9.26 Å². The van der Waals surface area contributed by atoms with E-state index in [4.69, 9.17) is 9.26 Å². The number of ether oxygens (including phenoxy) is 1. The Morgan fingerprint density at radius 3 is 2.79 bits per heavy atom. The van der Waals surface area contributed by atoms with Crippen molar-refractivity contribution in [1.29, 1.82) is 0 Å². The van der Waals surface area contributed by atoms with Crippen LogP contribution >= 0.6 is 0 Å². The van der Waals surface area contributed by atoms with Crippen molar-refractivity contribution in [3.8, 4) is 28.6 Å². The molecule has 0 saturated heterocycles. The third kappa shape index (κ3) is 2.30. The zero-order chi connectivity index (χ0) is 16.7. The first-order chi connectivity index (χ1) is 11.7. The van der Waals surface area contributed by atoms with Gasteiger partial charge in [-0.05, 0) is 48.9 Å². The summed E-state index contributed by atoms with van der Waals surface area (Å²) in [4.78, 5) is 4.52. The largest absolute Gasteiger partial charge is 0.497 e. The van der Waals surface area contributed by atoms with E-state index in [0.717, 1.165) is 33.5 Å². The number of rotatable bonds is 3. The lowest BCUT2D eigenvalue weighted by molar-refractivity contribution is 0.414. The van der Waals surface area contributed by atoms with E-state index in [2.05, 4.69) is 20.5 Å². The van der Waals surface area contributed by atoms with Crippen molar-refractivity contribution in [1.82, 2.24) is 25.1 Å². The second-order valence-electron chi connectivity index (χ2n) is 5.52. The topological polar surface area (TPSA) is 78.9 Å². The van der Waals surface area contributed by atoms with Crippen molar-refractivity contribution in [3.05, 3.63) is 42.0 Å². The number of benzene rings is 2. The Morgan fingerprint density at radius 2 is 2.00 bits per heavy atom. The maximum atomic E-state index is 5.44. The van der Waals surface area contributed by atoms with Crippen LogP contribution in [0.4, 0.5) is 0 Å². The van der Waals surface area contributed by atoms with Gasteiger partial charge in [-0.1, -0.05) is 10.4 Å². The molecule has 120 valence electrons. The molecule has 0 aliphatic rings. The van der Waals surface area contributed by atoms with Crippen LogP contribution < -0.4 is 4.74 Å². The van der Waals surface area contributed by atoms with E-state index in [1.807, 2.05) is 50.4 Å². The fraction of sp³-hybridized carbons (Fsp3) is 0.176. The fourth-order valence-electron chi connectivity index (χ4n) is 2.62. The maximum Gasteiger partial charge on any atom is 0.258 e. The molecule has 0 spiro atoms. The lowest BCUT2D eigenvalue weighted by atomic mass is 10.1. The van der Waals surface area contributed by atoms with Crippen molar-refractivity contribution in [2.24, 2.45) is 7.05 Å². The van der Waals surface area contributed by atoms with Crippen LogP contribution in [0.2, 0.25) is 0 Å². The van der Waals surface area contributed by atoms with E-state index in [-0.39, 0.29) is 0 Å². The van der Waals surface area contributed by atoms with Crippen molar-refractivity contribution in [3.63, 3.8) is 0 Å². The van der Waals surface area contributed by atoms with Crippen LogP contribution in [0.5, 0.6) is 5.75 Å². The van der Waals surface area contributed by atoms with Crippen LogP contribution in [0.1, 0.15) is 5.56 Å². The highest BCUT2D eigenvalue weighted by atomic mass is 16.5. The van der Waals surface area contributed by atoms with Gasteiger partial charge in [-0.15, -0.1) is 5.10 Å². The van der Waals surface area contributed by atoms with Gasteiger partial charge in [-0.3, -0.25) is 0 Å². The van der Waals surface area contributed by atoms with Crippen LogP contribution in [0.25, 0.3) is 33.9 Å². The van der Waals surface area contributed by atoms with Gasteiger partial charge in [0.05, 0.1) is 12.6 Å². The highest BCUT2D eigenvalue weighted by Gasteiger charge is 2.14. The molecule has 24 heavy (non-hydrogen) atoms. The first kappa shape index (κ1) is 14.4. The molecule has 0 N–H and O–H groups in total. The second-order valence-corrected chi connectivity index (χ2v) is 5.52. The third-order valence-electron chi connectivity index (χ3n) is 3.96. The van der Waals surface area contributed by atoms with Crippen molar-refractivity contribution in [2.45, 2.75) is 6.92 Å². The number of aryl methyl sites for hydroxylation is 2. The molecular formula is C17H15N5O2. The Bertz CT molecular complexity index is 1030. The molecule has 4 rings (SSSR count). The van der Waals surface area contributed by atoms with Gasteiger partial charge in [0.1, 0.15) is 11.3 Å². The second kappa shape index (κ2) is 5.45. The smallest absolute Gasteiger partial charge is 0.258 e. The molecule has 7 heteroatoms. The minimum absolute atomic E-state index is 0.480. The molecule has 0 unspecified atom stereocenters. The Hall–Kier alpha value is -3.22. The average molecular weight is 321 g/mol. The minimum Gasteiger partial charge on any atom is -0.497 e. The van der Waals surface area contributed by atoms with Crippen LogP contribution in [-0.2, 0) is 7.05 Å². The summed E-state index contributed by atoms with van der Waals surface area (Å²) in [6, 6.07) is 11.5.